The Morgan fingerprint density at radius 1 is 1.05 bits per heavy atom. The van der Waals surface area contributed by atoms with Gasteiger partial charge in [0, 0.05) is 6.04 Å². The Bertz CT molecular complexity index is 563. The van der Waals surface area contributed by atoms with Gasteiger partial charge in [0.15, 0.2) is 0 Å². The number of nitriles is 1. The quantitative estimate of drug-likeness (QED) is 0.845. The summed E-state index contributed by atoms with van der Waals surface area (Å²) < 4.78 is 5.62. The van der Waals surface area contributed by atoms with E-state index in [1.165, 1.54) is 5.56 Å². The SMILES string of the molecule is C[C@H](NC(C#N)COCc1ccccc1)c1ccccc1. The van der Waals surface area contributed by atoms with E-state index in [1.54, 1.807) is 0 Å². The normalized spacial score (nSPS) is 13.3. The van der Waals surface area contributed by atoms with Crippen LogP contribution in [0.15, 0.2) is 60.7 Å². The standard InChI is InChI=1S/C18H20N2O/c1-15(17-10-6-3-7-11-17)20-18(12-19)14-21-13-16-8-4-2-5-9-16/h2-11,15,18,20H,13-14H2,1H3/t15-,18?/m0/s1. The van der Waals surface area contributed by atoms with Crippen molar-refractivity contribution in [3.8, 4) is 6.07 Å². The lowest BCUT2D eigenvalue weighted by Crippen LogP contribution is -2.34. The van der Waals surface area contributed by atoms with Gasteiger partial charge in [-0.25, -0.2) is 0 Å². The first-order chi connectivity index (χ1) is 10.3. The molecule has 2 aromatic carbocycles. The summed E-state index contributed by atoms with van der Waals surface area (Å²) in [6, 6.07) is 22.1. The number of benzene rings is 2. The van der Waals surface area contributed by atoms with E-state index in [9.17, 15) is 5.26 Å². The predicted molar refractivity (Wildman–Crippen MR) is 83.5 cm³/mol. The van der Waals surface area contributed by atoms with Crippen LogP contribution >= 0.6 is 0 Å². The van der Waals surface area contributed by atoms with Crippen LogP contribution in [-0.4, -0.2) is 12.6 Å². The summed E-state index contributed by atoms with van der Waals surface area (Å²) in [5.41, 5.74) is 2.28. The lowest BCUT2D eigenvalue weighted by molar-refractivity contribution is 0.108. The Morgan fingerprint density at radius 2 is 1.67 bits per heavy atom. The van der Waals surface area contributed by atoms with Gasteiger partial charge in [-0.3, -0.25) is 5.32 Å². The first kappa shape index (κ1) is 15.2. The maximum absolute atomic E-state index is 9.23. The second-order valence-electron chi connectivity index (χ2n) is 4.98. The molecule has 3 heteroatoms. The fourth-order valence-corrected chi connectivity index (χ4v) is 2.13. The van der Waals surface area contributed by atoms with E-state index in [0.29, 0.717) is 13.2 Å². The maximum Gasteiger partial charge on any atom is 0.119 e. The molecule has 21 heavy (non-hydrogen) atoms. The Balaban J connectivity index is 1.79. The van der Waals surface area contributed by atoms with Crippen LogP contribution in [0.3, 0.4) is 0 Å². The summed E-state index contributed by atoms with van der Waals surface area (Å²) in [7, 11) is 0. The van der Waals surface area contributed by atoms with Crippen molar-refractivity contribution in [2.24, 2.45) is 0 Å². The van der Waals surface area contributed by atoms with E-state index < -0.39 is 0 Å². The number of rotatable bonds is 7. The van der Waals surface area contributed by atoms with Gasteiger partial charge in [-0.2, -0.15) is 5.26 Å². The van der Waals surface area contributed by atoms with E-state index >= 15 is 0 Å². The molecule has 0 fully saturated rings. The van der Waals surface area contributed by atoms with Crippen LogP contribution in [-0.2, 0) is 11.3 Å². The van der Waals surface area contributed by atoms with Crippen molar-refractivity contribution < 1.29 is 4.74 Å². The lowest BCUT2D eigenvalue weighted by Gasteiger charge is -2.18. The van der Waals surface area contributed by atoms with Crippen molar-refractivity contribution in [1.82, 2.24) is 5.32 Å². The Morgan fingerprint density at radius 3 is 2.29 bits per heavy atom. The first-order valence-corrected chi connectivity index (χ1v) is 7.12. The fraction of sp³-hybridized carbons (Fsp3) is 0.278. The summed E-state index contributed by atoms with van der Waals surface area (Å²) >= 11 is 0. The maximum atomic E-state index is 9.23. The monoisotopic (exact) mass is 280 g/mol. The van der Waals surface area contributed by atoms with E-state index in [2.05, 4.69) is 30.4 Å². The van der Waals surface area contributed by atoms with Gasteiger partial charge in [-0.1, -0.05) is 60.7 Å². The summed E-state index contributed by atoms with van der Waals surface area (Å²) in [6.45, 7) is 2.96. The van der Waals surface area contributed by atoms with Gasteiger partial charge in [0.05, 0.1) is 19.3 Å². The molecule has 2 atom stereocenters. The summed E-state index contributed by atoms with van der Waals surface area (Å²) in [5, 5.41) is 12.5. The van der Waals surface area contributed by atoms with E-state index in [4.69, 9.17) is 4.74 Å². The molecular weight excluding hydrogens is 260 g/mol. The van der Waals surface area contributed by atoms with Crippen LogP contribution in [0.2, 0.25) is 0 Å². The van der Waals surface area contributed by atoms with Crippen LogP contribution in [0.4, 0.5) is 0 Å². The summed E-state index contributed by atoms with van der Waals surface area (Å²) in [5.74, 6) is 0. The number of nitrogens with one attached hydrogen (secondary N) is 1. The molecule has 0 amide bonds. The molecule has 2 rings (SSSR count). The first-order valence-electron chi connectivity index (χ1n) is 7.12. The third kappa shape index (κ3) is 5.03. The highest BCUT2D eigenvalue weighted by atomic mass is 16.5. The van der Waals surface area contributed by atoms with Crippen molar-refractivity contribution in [3.05, 3.63) is 71.8 Å². The van der Waals surface area contributed by atoms with E-state index in [0.717, 1.165) is 5.56 Å². The van der Waals surface area contributed by atoms with Gasteiger partial charge < -0.3 is 4.74 Å². The third-order valence-electron chi connectivity index (χ3n) is 3.30. The minimum Gasteiger partial charge on any atom is -0.374 e. The molecule has 2 aromatic rings. The molecule has 0 spiro atoms. The molecule has 1 N–H and O–H groups in total. The molecule has 0 saturated heterocycles. The molecule has 0 aliphatic rings. The lowest BCUT2D eigenvalue weighted by atomic mass is 10.1. The van der Waals surface area contributed by atoms with Crippen LogP contribution in [0, 0.1) is 11.3 Å². The Hall–Kier alpha value is -2.15. The zero-order valence-electron chi connectivity index (χ0n) is 12.2. The van der Waals surface area contributed by atoms with Crippen LogP contribution < -0.4 is 5.32 Å². The van der Waals surface area contributed by atoms with Gasteiger partial charge in [0.2, 0.25) is 0 Å². The van der Waals surface area contributed by atoms with Crippen molar-refractivity contribution in [2.75, 3.05) is 6.61 Å². The molecule has 0 aromatic heterocycles. The van der Waals surface area contributed by atoms with Crippen molar-refractivity contribution in [3.63, 3.8) is 0 Å². The van der Waals surface area contributed by atoms with Crippen molar-refractivity contribution in [1.29, 1.82) is 5.26 Å². The number of hydrogen-bond donors (Lipinski definition) is 1. The highest BCUT2D eigenvalue weighted by Crippen LogP contribution is 2.12. The highest BCUT2D eigenvalue weighted by molar-refractivity contribution is 5.18. The highest BCUT2D eigenvalue weighted by Gasteiger charge is 2.12. The molecule has 108 valence electrons. The molecule has 3 nitrogen and oxygen atoms in total. The molecule has 1 unspecified atom stereocenters. The molecular formula is C18H20N2O. The smallest absolute Gasteiger partial charge is 0.119 e. The van der Waals surface area contributed by atoms with Gasteiger partial charge in [-0.05, 0) is 18.1 Å². The molecule has 0 bridgehead atoms. The number of hydrogen-bond acceptors (Lipinski definition) is 3. The second-order valence-corrected chi connectivity index (χ2v) is 4.98. The minimum absolute atomic E-state index is 0.121. The molecule has 0 aliphatic carbocycles. The number of nitrogens with zero attached hydrogens (tertiary/aromatic N) is 1. The third-order valence-corrected chi connectivity index (χ3v) is 3.30. The zero-order chi connectivity index (χ0) is 14.9. The van der Waals surface area contributed by atoms with E-state index in [-0.39, 0.29) is 12.1 Å². The van der Waals surface area contributed by atoms with E-state index in [1.807, 2.05) is 48.5 Å². The van der Waals surface area contributed by atoms with Crippen LogP contribution in [0.5, 0.6) is 0 Å². The fourth-order valence-electron chi connectivity index (χ4n) is 2.13. The molecule has 0 heterocycles. The van der Waals surface area contributed by atoms with Gasteiger partial charge in [0.25, 0.3) is 0 Å². The second kappa shape index (κ2) is 8.21. The average molecular weight is 280 g/mol. The van der Waals surface area contributed by atoms with Crippen molar-refractivity contribution >= 4 is 0 Å². The summed E-state index contributed by atoms with van der Waals surface area (Å²) in [6.07, 6.45) is 0. The Kier molecular flexibility index (Phi) is 5.96. The van der Waals surface area contributed by atoms with Gasteiger partial charge in [-0.15, -0.1) is 0 Å². The summed E-state index contributed by atoms with van der Waals surface area (Å²) in [4.78, 5) is 0. The molecule has 0 radical (unpaired) electrons. The van der Waals surface area contributed by atoms with Crippen LogP contribution in [0.1, 0.15) is 24.1 Å². The largest absolute Gasteiger partial charge is 0.374 e. The average Bonchev–Trinajstić information content (AvgIpc) is 2.55. The van der Waals surface area contributed by atoms with Gasteiger partial charge in [0.1, 0.15) is 6.04 Å². The van der Waals surface area contributed by atoms with Crippen molar-refractivity contribution in [2.45, 2.75) is 25.6 Å². The predicted octanol–water partition coefficient (Wildman–Crippen LogP) is 3.45. The number of ether oxygens (including phenoxy) is 1. The zero-order valence-corrected chi connectivity index (χ0v) is 12.2. The molecule has 0 saturated carbocycles. The van der Waals surface area contributed by atoms with Crippen LogP contribution in [0.25, 0.3) is 0 Å². The minimum atomic E-state index is -0.316. The topological polar surface area (TPSA) is 45.0 Å². The Labute approximate surface area is 126 Å². The molecule has 0 aliphatic heterocycles. The van der Waals surface area contributed by atoms with Gasteiger partial charge >= 0.3 is 0 Å².